The Kier molecular flexibility index (Phi) is 6.86. The summed E-state index contributed by atoms with van der Waals surface area (Å²) in [6, 6.07) is 17.8. The second kappa shape index (κ2) is 9.54. The van der Waals surface area contributed by atoms with E-state index in [0.717, 1.165) is 5.56 Å². The Morgan fingerprint density at radius 1 is 1.14 bits per heavy atom. The monoisotopic (exact) mass is 413 g/mol. The average molecular weight is 413 g/mol. The minimum atomic E-state index is -3.40. The van der Waals surface area contributed by atoms with Crippen LogP contribution in [0.25, 0.3) is 0 Å². The molecule has 1 fully saturated rings. The maximum atomic E-state index is 12.6. The van der Waals surface area contributed by atoms with E-state index in [1.165, 1.54) is 4.31 Å². The van der Waals surface area contributed by atoms with Crippen LogP contribution in [0, 0.1) is 17.2 Å². The summed E-state index contributed by atoms with van der Waals surface area (Å²) in [4.78, 5) is 12.6. The van der Waals surface area contributed by atoms with Gasteiger partial charge in [-0.2, -0.15) is 5.26 Å². The van der Waals surface area contributed by atoms with Crippen LogP contribution in [0.3, 0.4) is 0 Å². The number of amides is 1. The lowest BCUT2D eigenvalue weighted by Gasteiger charge is -2.30. The van der Waals surface area contributed by atoms with E-state index < -0.39 is 10.0 Å². The van der Waals surface area contributed by atoms with Crippen molar-refractivity contribution in [1.29, 1.82) is 5.26 Å². The highest BCUT2D eigenvalue weighted by Crippen LogP contribution is 2.24. The molecule has 8 heteroatoms. The van der Waals surface area contributed by atoms with E-state index in [0.29, 0.717) is 37.4 Å². The van der Waals surface area contributed by atoms with Crippen LogP contribution in [-0.2, 0) is 20.6 Å². The van der Waals surface area contributed by atoms with Gasteiger partial charge < -0.3 is 10.1 Å². The van der Waals surface area contributed by atoms with Crippen LogP contribution in [0.15, 0.2) is 54.6 Å². The average Bonchev–Trinajstić information content (AvgIpc) is 2.73. The molecule has 152 valence electrons. The molecule has 0 atom stereocenters. The normalized spacial score (nSPS) is 15.4. The molecule has 2 aromatic rings. The number of benzene rings is 2. The molecule has 1 amide bonds. The highest BCUT2D eigenvalue weighted by atomic mass is 32.2. The summed E-state index contributed by atoms with van der Waals surface area (Å²) in [7, 11) is -3.40. The predicted molar refractivity (Wildman–Crippen MR) is 110 cm³/mol. The van der Waals surface area contributed by atoms with Crippen molar-refractivity contribution in [2.45, 2.75) is 18.6 Å². The van der Waals surface area contributed by atoms with Crippen LogP contribution in [0.5, 0.6) is 5.75 Å². The van der Waals surface area contributed by atoms with Crippen LogP contribution in [-0.4, -0.2) is 38.3 Å². The fourth-order valence-corrected chi connectivity index (χ4v) is 4.86. The van der Waals surface area contributed by atoms with Crippen molar-refractivity contribution in [3.05, 3.63) is 60.2 Å². The minimum absolute atomic E-state index is 0.0276. The van der Waals surface area contributed by atoms with Gasteiger partial charge in [-0.25, -0.2) is 12.7 Å². The molecule has 0 aliphatic carbocycles. The summed E-state index contributed by atoms with van der Waals surface area (Å²) in [5, 5.41) is 11.4. The number of nitriles is 1. The lowest BCUT2D eigenvalue weighted by atomic mass is 9.97. The molecule has 0 saturated carbocycles. The predicted octanol–water partition coefficient (Wildman–Crippen LogP) is 2.77. The first-order chi connectivity index (χ1) is 14.0. The summed E-state index contributed by atoms with van der Waals surface area (Å²) in [6.07, 6.45) is 0.953. The molecule has 1 aliphatic heterocycles. The molecule has 0 spiro atoms. The van der Waals surface area contributed by atoms with E-state index >= 15 is 0 Å². The van der Waals surface area contributed by atoms with E-state index in [4.69, 9.17) is 10.00 Å². The molecule has 0 aromatic heterocycles. The maximum Gasteiger partial charge on any atom is 0.227 e. The van der Waals surface area contributed by atoms with Crippen molar-refractivity contribution in [3.8, 4) is 11.8 Å². The third kappa shape index (κ3) is 5.79. The SMILES string of the molecule is N#CCOc1cccc(NC(=O)C2CCN(S(=O)(=O)Cc3ccccc3)CC2)c1. The number of rotatable bonds is 7. The van der Waals surface area contributed by atoms with Gasteiger partial charge in [0.05, 0.1) is 5.75 Å². The molecule has 0 bridgehead atoms. The summed E-state index contributed by atoms with van der Waals surface area (Å²) < 4.78 is 32.0. The number of sulfonamides is 1. The largest absolute Gasteiger partial charge is 0.479 e. The van der Waals surface area contributed by atoms with Gasteiger partial charge in [-0.05, 0) is 30.5 Å². The number of hydrogen-bond acceptors (Lipinski definition) is 5. The minimum Gasteiger partial charge on any atom is -0.479 e. The van der Waals surface area contributed by atoms with Crippen molar-refractivity contribution in [2.75, 3.05) is 25.0 Å². The Morgan fingerprint density at radius 3 is 2.55 bits per heavy atom. The molecule has 0 unspecified atom stereocenters. The van der Waals surface area contributed by atoms with Gasteiger partial charge in [-0.15, -0.1) is 0 Å². The molecular weight excluding hydrogens is 390 g/mol. The van der Waals surface area contributed by atoms with E-state index in [1.807, 2.05) is 24.3 Å². The lowest BCUT2D eigenvalue weighted by molar-refractivity contribution is -0.120. The summed E-state index contributed by atoms with van der Waals surface area (Å²) >= 11 is 0. The van der Waals surface area contributed by atoms with E-state index in [-0.39, 0.29) is 24.2 Å². The Bertz CT molecular complexity index is 978. The fraction of sp³-hybridized carbons (Fsp3) is 0.333. The number of nitrogens with one attached hydrogen (secondary N) is 1. The zero-order chi connectivity index (χ0) is 20.7. The second-order valence-corrected chi connectivity index (χ2v) is 8.85. The van der Waals surface area contributed by atoms with Crippen LogP contribution in [0.1, 0.15) is 18.4 Å². The molecule has 1 aliphatic rings. The van der Waals surface area contributed by atoms with E-state index in [1.54, 1.807) is 36.4 Å². The quantitative estimate of drug-likeness (QED) is 0.752. The van der Waals surface area contributed by atoms with Gasteiger partial charge in [-0.1, -0.05) is 36.4 Å². The van der Waals surface area contributed by atoms with Gasteiger partial charge in [0.25, 0.3) is 0 Å². The molecule has 1 N–H and O–H groups in total. The van der Waals surface area contributed by atoms with Crippen molar-refractivity contribution in [3.63, 3.8) is 0 Å². The molecule has 0 radical (unpaired) electrons. The van der Waals surface area contributed by atoms with Crippen LogP contribution in [0.4, 0.5) is 5.69 Å². The van der Waals surface area contributed by atoms with Crippen LogP contribution in [0.2, 0.25) is 0 Å². The zero-order valence-corrected chi connectivity index (χ0v) is 16.8. The first kappa shape index (κ1) is 20.8. The molecular formula is C21H23N3O4S. The summed E-state index contributed by atoms with van der Waals surface area (Å²) in [5.41, 5.74) is 1.34. The van der Waals surface area contributed by atoms with Gasteiger partial charge >= 0.3 is 0 Å². The first-order valence-corrected chi connectivity index (χ1v) is 11.0. The number of nitrogens with zero attached hydrogens (tertiary/aromatic N) is 2. The van der Waals surface area contributed by atoms with E-state index in [9.17, 15) is 13.2 Å². The second-order valence-electron chi connectivity index (χ2n) is 6.88. The smallest absolute Gasteiger partial charge is 0.227 e. The molecule has 1 heterocycles. The summed E-state index contributed by atoms with van der Waals surface area (Å²) in [6.45, 7) is 0.602. The van der Waals surface area contributed by atoms with Gasteiger partial charge in [-0.3, -0.25) is 4.79 Å². The number of anilines is 1. The van der Waals surface area contributed by atoms with Gasteiger partial charge in [0.15, 0.2) is 6.61 Å². The Hall–Kier alpha value is -2.89. The molecule has 7 nitrogen and oxygen atoms in total. The molecule has 3 rings (SSSR count). The van der Waals surface area contributed by atoms with Crippen molar-refractivity contribution in [1.82, 2.24) is 4.31 Å². The lowest BCUT2D eigenvalue weighted by Crippen LogP contribution is -2.41. The van der Waals surface area contributed by atoms with Crippen molar-refractivity contribution in [2.24, 2.45) is 5.92 Å². The fourth-order valence-electron chi connectivity index (χ4n) is 3.30. The Balaban J connectivity index is 1.54. The molecule has 1 saturated heterocycles. The number of ether oxygens (including phenoxy) is 1. The third-order valence-electron chi connectivity index (χ3n) is 4.81. The van der Waals surface area contributed by atoms with Crippen molar-refractivity contribution >= 4 is 21.6 Å². The topological polar surface area (TPSA) is 99.5 Å². The number of carbonyl (C=O) groups is 1. The Labute approximate surface area is 171 Å². The third-order valence-corrected chi connectivity index (χ3v) is 6.67. The number of piperidine rings is 1. The van der Waals surface area contributed by atoms with Gasteiger partial charge in [0.1, 0.15) is 11.8 Å². The number of carbonyl (C=O) groups excluding carboxylic acids is 1. The highest BCUT2D eigenvalue weighted by Gasteiger charge is 2.31. The highest BCUT2D eigenvalue weighted by molar-refractivity contribution is 7.88. The van der Waals surface area contributed by atoms with Crippen molar-refractivity contribution < 1.29 is 17.9 Å². The number of hydrogen-bond donors (Lipinski definition) is 1. The Morgan fingerprint density at radius 2 is 1.86 bits per heavy atom. The molecule has 29 heavy (non-hydrogen) atoms. The maximum absolute atomic E-state index is 12.6. The standard InChI is InChI=1S/C21H23N3O4S/c22-11-14-28-20-8-4-7-19(15-20)23-21(25)18-9-12-24(13-10-18)29(26,27)16-17-5-2-1-3-6-17/h1-8,15,18H,9-10,12-14,16H2,(H,23,25). The molecule has 2 aromatic carbocycles. The van der Waals surface area contributed by atoms with E-state index in [2.05, 4.69) is 5.32 Å². The summed E-state index contributed by atoms with van der Waals surface area (Å²) in [5.74, 6) is 0.0933. The van der Waals surface area contributed by atoms with Gasteiger partial charge in [0, 0.05) is 30.8 Å². The first-order valence-electron chi connectivity index (χ1n) is 9.40. The van der Waals surface area contributed by atoms with Crippen LogP contribution >= 0.6 is 0 Å². The van der Waals surface area contributed by atoms with Gasteiger partial charge in [0.2, 0.25) is 15.9 Å². The van der Waals surface area contributed by atoms with Crippen LogP contribution < -0.4 is 10.1 Å². The zero-order valence-electron chi connectivity index (χ0n) is 16.0.